The molecule has 0 aliphatic rings. The molecule has 1 heterocycles. The fourth-order valence-electron chi connectivity index (χ4n) is 1.93. The smallest absolute Gasteiger partial charge is 0.307 e. The number of carbonyl (C=O) groups is 2. The summed E-state index contributed by atoms with van der Waals surface area (Å²) in [5, 5.41) is 2.87. The monoisotopic (exact) mass is 304 g/mol. The summed E-state index contributed by atoms with van der Waals surface area (Å²) in [5.41, 5.74) is 3.17. The fraction of sp³-hybridized carbons (Fsp3) is 0.267. The summed E-state index contributed by atoms with van der Waals surface area (Å²) in [7, 11) is 1.33. The number of benzene rings is 1. The Morgan fingerprint density at radius 1 is 1.33 bits per heavy atom. The summed E-state index contributed by atoms with van der Waals surface area (Å²) in [6.07, 6.45) is 0.0874. The van der Waals surface area contributed by atoms with E-state index in [1.165, 1.54) is 18.4 Å². The predicted octanol–water partition coefficient (Wildman–Crippen LogP) is 2.49. The number of carbonyl (C=O) groups excluding carboxylic acids is 2. The van der Waals surface area contributed by atoms with E-state index < -0.39 is 6.04 Å². The van der Waals surface area contributed by atoms with Gasteiger partial charge in [0.1, 0.15) is 4.88 Å². The van der Waals surface area contributed by atoms with E-state index in [-0.39, 0.29) is 18.3 Å². The Morgan fingerprint density at radius 2 is 2.05 bits per heavy atom. The van der Waals surface area contributed by atoms with Crippen molar-refractivity contribution in [1.82, 2.24) is 10.3 Å². The van der Waals surface area contributed by atoms with Gasteiger partial charge >= 0.3 is 5.97 Å². The molecule has 0 unspecified atom stereocenters. The number of thiazole rings is 1. The number of ether oxygens (including phenoxy) is 1. The van der Waals surface area contributed by atoms with Crippen LogP contribution in [-0.2, 0) is 9.53 Å². The average molecular weight is 304 g/mol. The van der Waals surface area contributed by atoms with Gasteiger partial charge in [0.25, 0.3) is 5.91 Å². The van der Waals surface area contributed by atoms with E-state index >= 15 is 0 Å². The number of nitrogens with one attached hydrogen (secondary N) is 1. The van der Waals surface area contributed by atoms with Crippen molar-refractivity contribution in [2.45, 2.75) is 19.4 Å². The second-order valence-corrected chi connectivity index (χ2v) is 5.34. The molecular formula is C15H16N2O3S. The Balaban J connectivity index is 2.18. The lowest BCUT2D eigenvalue weighted by molar-refractivity contribution is -0.141. The van der Waals surface area contributed by atoms with Crippen LogP contribution in [0.1, 0.15) is 33.4 Å². The Hall–Kier alpha value is -2.21. The van der Waals surface area contributed by atoms with Crippen LogP contribution in [0, 0.1) is 6.92 Å². The molecule has 1 amide bonds. The molecule has 1 aromatic carbocycles. The summed E-state index contributed by atoms with van der Waals surface area (Å²) >= 11 is 1.28. The van der Waals surface area contributed by atoms with E-state index in [1.54, 1.807) is 12.4 Å². The van der Waals surface area contributed by atoms with E-state index in [2.05, 4.69) is 10.3 Å². The van der Waals surface area contributed by atoms with E-state index in [0.29, 0.717) is 10.6 Å². The number of amides is 1. The largest absolute Gasteiger partial charge is 0.469 e. The number of rotatable bonds is 5. The Bertz CT molecular complexity index is 625. The molecule has 0 bridgehead atoms. The summed E-state index contributed by atoms with van der Waals surface area (Å²) in [5.74, 6) is -0.599. The lowest BCUT2D eigenvalue weighted by Gasteiger charge is -2.17. The molecule has 1 atom stereocenters. The van der Waals surface area contributed by atoms with Crippen molar-refractivity contribution in [3.63, 3.8) is 0 Å². The van der Waals surface area contributed by atoms with Crippen molar-refractivity contribution in [3.8, 4) is 0 Å². The highest BCUT2D eigenvalue weighted by Crippen LogP contribution is 2.19. The van der Waals surface area contributed by atoms with Crippen molar-refractivity contribution in [2.24, 2.45) is 0 Å². The van der Waals surface area contributed by atoms with Gasteiger partial charge in [0.05, 0.1) is 30.8 Å². The Morgan fingerprint density at radius 3 is 2.62 bits per heavy atom. The SMILES string of the molecule is COC(=O)C[C@H](NC(=O)c1scnc1C)c1ccccc1. The van der Waals surface area contributed by atoms with Crippen molar-refractivity contribution in [3.05, 3.63) is 52.0 Å². The third kappa shape index (κ3) is 3.88. The van der Waals surface area contributed by atoms with Gasteiger partial charge in [-0.1, -0.05) is 30.3 Å². The standard InChI is InChI=1S/C15H16N2O3S/c1-10-14(21-9-16-10)15(19)17-12(8-13(18)20-2)11-6-4-3-5-7-11/h3-7,9,12H,8H2,1-2H3,(H,17,19)/t12-/m0/s1. The van der Waals surface area contributed by atoms with Gasteiger partial charge in [-0.2, -0.15) is 0 Å². The van der Waals surface area contributed by atoms with Gasteiger partial charge in [0.15, 0.2) is 0 Å². The van der Waals surface area contributed by atoms with E-state index in [1.807, 2.05) is 30.3 Å². The number of aromatic nitrogens is 1. The number of hydrogen-bond acceptors (Lipinski definition) is 5. The van der Waals surface area contributed by atoms with Crippen LogP contribution in [0.25, 0.3) is 0 Å². The summed E-state index contributed by atoms with van der Waals surface area (Å²) in [6, 6.07) is 8.93. The minimum Gasteiger partial charge on any atom is -0.469 e. The quantitative estimate of drug-likeness (QED) is 0.862. The van der Waals surface area contributed by atoms with Crippen molar-refractivity contribution in [2.75, 3.05) is 7.11 Å². The highest BCUT2D eigenvalue weighted by molar-refractivity contribution is 7.11. The summed E-state index contributed by atoms with van der Waals surface area (Å²) in [4.78, 5) is 28.5. The first-order valence-electron chi connectivity index (χ1n) is 6.44. The van der Waals surface area contributed by atoms with Crippen molar-refractivity contribution < 1.29 is 14.3 Å². The lowest BCUT2D eigenvalue weighted by Crippen LogP contribution is -2.30. The van der Waals surface area contributed by atoms with Crippen LogP contribution >= 0.6 is 11.3 Å². The first-order valence-corrected chi connectivity index (χ1v) is 7.32. The van der Waals surface area contributed by atoms with E-state index in [4.69, 9.17) is 4.74 Å². The molecule has 0 fully saturated rings. The molecule has 5 nitrogen and oxygen atoms in total. The first kappa shape index (κ1) is 15.2. The maximum Gasteiger partial charge on any atom is 0.307 e. The molecule has 110 valence electrons. The van der Waals surface area contributed by atoms with Gasteiger partial charge in [0, 0.05) is 0 Å². The first-order chi connectivity index (χ1) is 10.1. The van der Waals surface area contributed by atoms with E-state index in [9.17, 15) is 9.59 Å². The second kappa shape index (κ2) is 6.99. The zero-order valence-electron chi connectivity index (χ0n) is 11.8. The molecule has 0 saturated heterocycles. The number of hydrogen-bond donors (Lipinski definition) is 1. The molecule has 0 aliphatic heterocycles. The molecule has 1 aromatic heterocycles. The molecule has 6 heteroatoms. The minimum absolute atomic E-state index is 0.0874. The summed E-state index contributed by atoms with van der Waals surface area (Å²) in [6.45, 7) is 1.78. The van der Waals surface area contributed by atoms with E-state index in [0.717, 1.165) is 5.56 Å². The average Bonchev–Trinajstić information content (AvgIpc) is 2.93. The van der Waals surface area contributed by atoms with Gasteiger partial charge in [-0.05, 0) is 12.5 Å². The molecule has 0 aliphatic carbocycles. The molecule has 1 N–H and O–H groups in total. The van der Waals surface area contributed by atoms with Crippen LogP contribution in [0.3, 0.4) is 0 Å². The van der Waals surface area contributed by atoms with Gasteiger partial charge < -0.3 is 10.1 Å². The Labute approximate surface area is 127 Å². The third-order valence-corrected chi connectivity index (χ3v) is 3.98. The lowest BCUT2D eigenvalue weighted by atomic mass is 10.0. The molecule has 0 spiro atoms. The topological polar surface area (TPSA) is 68.3 Å². The van der Waals surface area contributed by atoms with Crippen LogP contribution in [0.2, 0.25) is 0 Å². The van der Waals surface area contributed by atoms with Crippen LogP contribution in [0.5, 0.6) is 0 Å². The van der Waals surface area contributed by atoms with Gasteiger partial charge in [0.2, 0.25) is 0 Å². The minimum atomic E-state index is -0.423. The van der Waals surface area contributed by atoms with Crippen LogP contribution in [-0.4, -0.2) is 24.0 Å². The summed E-state index contributed by atoms with van der Waals surface area (Å²) < 4.78 is 4.70. The van der Waals surface area contributed by atoms with Gasteiger partial charge in [-0.3, -0.25) is 9.59 Å². The number of esters is 1. The fourth-order valence-corrected chi connectivity index (χ4v) is 2.64. The third-order valence-electron chi connectivity index (χ3n) is 3.06. The highest BCUT2D eigenvalue weighted by Gasteiger charge is 2.21. The van der Waals surface area contributed by atoms with Gasteiger partial charge in [-0.25, -0.2) is 4.98 Å². The number of methoxy groups -OCH3 is 1. The Kier molecular flexibility index (Phi) is 5.05. The van der Waals surface area contributed by atoms with Gasteiger partial charge in [-0.15, -0.1) is 11.3 Å². The molecule has 2 aromatic rings. The molecular weight excluding hydrogens is 288 g/mol. The molecule has 2 rings (SSSR count). The molecule has 21 heavy (non-hydrogen) atoms. The highest BCUT2D eigenvalue weighted by atomic mass is 32.1. The zero-order chi connectivity index (χ0) is 15.2. The second-order valence-electron chi connectivity index (χ2n) is 4.48. The van der Waals surface area contributed by atoms with Crippen LogP contribution in [0.15, 0.2) is 35.8 Å². The zero-order valence-corrected chi connectivity index (χ0v) is 12.6. The predicted molar refractivity (Wildman–Crippen MR) is 80.1 cm³/mol. The normalized spacial score (nSPS) is 11.7. The number of nitrogens with zero attached hydrogens (tertiary/aromatic N) is 1. The number of aryl methyl sites for hydroxylation is 1. The maximum absolute atomic E-state index is 12.3. The molecule has 0 saturated carbocycles. The maximum atomic E-state index is 12.3. The van der Waals surface area contributed by atoms with Crippen molar-refractivity contribution in [1.29, 1.82) is 0 Å². The van der Waals surface area contributed by atoms with Crippen LogP contribution < -0.4 is 5.32 Å². The molecule has 0 radical (unpaired) electrons. The van der Waals surface area contributed by atoms with Crippen LogP contribution in [0.4, 0.5) is 0 Å². The van der Waals surface area contributed by atoms with Crippen molar-refractivity contribution >= 4 is 23.2 Å².